The fraction of sp³-hybridized carbons (Fsp3) is 0.200. The standard InChI is InChI=1S/C25H26N2O4/c1-3-30-25(29)19-10-14-21(15-11-19)26-16-20-6-4-5-7-23(20)31-17-24(28)27-22-12-8-18(2)9-13-22/h4-15,26H,3,16-17H2,1-2H3,(H,27,28). The number of ether oxygens (including phenoxy) is 2. The lowest BCUT2D eigenvalue weighted by atomic mass is 10.1. The van der Waals surface area contributed by atoms with Crippen molar-refractivity contribution in [3.63, 3.8) is 0 Å². The zero-order valence-electron chi connectivity index (χ0n) is 17.7. The second kappa shape index (κ2) is 10.8. The summed E-state index contributed by atoms with van der Waals surface area (Å²) in [6.45, 7) is 4.54. The maximum atomic E-state index is 12.2. The van der Waals surface area contributed by atoms with Gasteiger partial charge in [-0.2, -0.15) is 0 Å². The van der Waals surface area contributed by atoms with E-state index in [0.29, 0.717) is 24.5 Å². The largest absolute Gasteiger partial charge is 0.483 e. The molecular formula is C25H26N2O4. The van der Waals surface area contributed by atoms with Crippen LogP contribution in [0.3, 0.4) is 0 Å². The number of rotatable bonds is 9. The summed E-state index contributed by atoms with van der Waals surface area (Å²) in [6.07, 6.45) is 0. The molecule has 0 aromatic heterocycles. The van der Waals surface area contributed by atoms with Gasteiger partial charge >= 0.3 is 5.97 Å². The van der Waals surface area contributed by atoms with E-state index in [2.05, 4.69) is 10.6 Å². The second-order valence-electron chi connectivity index (χ2n) is 6.96. The number of carbonyl (C=O) groups is 2. The van der Waals surface area contributed by atoms with Crippen LogP contribution >= 0.6 is 0 Å². The van der Waals surface area contributed by atoms with Gasteiger partial charge in [-0.1, -0.05) is 35.9 Å². The summed E-state index contributed by atoms with van der Waals surface area (Å²) >= 11 is 0. The summed E-state index contributed by atoms with van der Waals surface area (Å²) in [5.41, 5.74) is 4.16. The first-order valence-corrected chi connectivity index (χ1v) is 10.1. The van der Waals surface area contributed by atoms with Crippen LogP contribution < -0.4 is 15.4 Å². The Morgan fingerprint density at radius 3 is 2.26 bits per heavy atom. The molecule has 0 aliphatic rings. The van der Waals surface area contributed by atoms with Crippen molar-refractivity contribution in [3.8, 4) is 5.75 Å². The fourth-order valence-electron chi connectivity index (χ4n) is 2.90. The third kappa shape index (κ3) is 6.60. The highest BCUT2D eigenvalue weighted by atomic mass is 16.5. The summed E-state index contributed by atoms with van der Waals surface area (Å²) in [7, 11) is 0. The maximum Gasteiger partial charge on any atom is 0.338 e. The number of amides is 1. The van der Waals surface area contributed by atoms with E-state index in [-0.39, 0.29) is 18.5 Å². The van der Waals surface area contributed by atoms with Crippen LogP contribution in [0.4, 0.5) is 11.4 Å². The summed E-state index contributed by atoms with van der Waals surface area (Å²) < 4.78 is 10.7. The Morgan fingerprint density at radius 1 is 0.871 bits per heavy atom. The van der Waals surface area contributed by atoms with E-state index in [0.717, 1.165) is 22.5 Å². The van der Waals surface area contributed by atoms with Crippen LogP contribution in [-0.4, -0.2) is 25.1 Å². The Morgan fingerprint density at radius 2 is 1.55 bits per heavy atom. The van der Waals surface area contributed by atoms with Crippen LogP contribution in [0.2, 0.25) is 0 Å². The number of benzene rings is 3. The van der Waals surface area contributed by atoms with Gasteiger partial charge in [-0.3, -0.25) is 4.79 Å². The van der Waals surface area contributed by atoms with E-state index in [9.17, 15) is 9.59 Å². The Balaban J connectivity index is 1.54. The van der Waals surface area contributed by atoms with Gasteiger partial charge in [-0.05, 0) is 56.3 Å². The van der Waals surface area contributed by atoms with Gasteiger partial charge in [0.05, 0.1) is 12.2 Å². The van der Waals surface area contributed by atoms with Gasteiger partial charge in [0.25, 0.3) is 5.91 Å². The van der Waals surface area contributed by atoms with Gasteiger partial charge in [-0.25, -0.2) is 4.79 Å². The second-order valence-corrected chi connectivity index (χ2v) is 6.96. The highest BCUT2D eigenvalue weighted by Gasteiger charge is 2.09. The fourth-order valence-corrected chi connectivity index (χ4v) is 2.90. The van der Waals surface area contributed by atoms with Crippen molar-refractivity contribution in [2.75, 3.05) is 23.8 Å². The molecule has 160 valence electrons. The molecule has 0 saturated heterocycles. The van der Waals surface area contributed by atoms with Crippen LogP contribution in [0.25, 0.3) is 0 Å². The molecule has 1 amide bonds. The number of carbonyl (C=O) groups excluding carboxylic acids is 2. The van der Waals surface area contributed by atoms with Crippen LogP contribution in [0.5, 0.6) is 5.75 Å². The zero-order valence-corrected chi connectivity index (χ0v) is 17.7. The van der Waals surface area contributed by atoms with Crippen LogP contribution in [0.15, 0.2) is 72.8 Å². The molecule has 0 fully saturated rings. The highest BCUT2D eigenvalue weighted by molar-refractivity contribution is 5.92. The Hall–Kier alpha value is -3.80. The summed E-state index contributed by atoms with van der Waals surface area (Å²) in [5.74, 6) is 0.0788. The number of esters is 1. The lowest BCUT2D eigenvalue weighted by Crippen LogP contribution is -2.20. The molecule has 3 aromatic carbocycles. The first-order valence-electron chi connectivity index (χ1n) is 10.1. The molecule has 3 aromatic rings. The Kier molecular flexibility index (Phi) is 7.65. The molecule has 31 heavy (non-hydrogen) atoms. The van der Waals surface area contributed by atoms with Gasteiger partial charge in [0.15, 0.2) is 6.61 Å². The van der Waals surface area contributed by atoms with Crippen molar-refractivity contribution in [1.82, 2.24) is 0 Å². The zero-order chi connectivity index (χ0) is 22.1. The van der Waals surface area contributed by atoms with E-state index in [1.807, 2.05) is 67.6 Å². The van der Waals surface area contributed by atoms with Gasteiger partial charge in [0.2, 0.25) is 0 Å². The predicted octanol–water partition coefficient (Wildman–Crippen LogP) is 4.80. The summed E-state index contributed by atoms with van der Waals surface area (Å²) in [6, 6.07) is 22.2. The molecule has 0 atom stereocenters. The average Bonchev–Trinajstić information content (AvgIpc) is 2.79. The minimum absolute atomic E-state index is 0.0842. The van der Waals surface area contributed by atoms with Crippen molar-refractivity contribution in [2.45, 2.75) is 20.4 Å². The molecule has 0 aliphatic heterocycles. The molecule has 2 N–H and O–H groups in total. The van der Waals surface area contributed by atoms with E-state index >= 15 is 0 Å². The number of aryl methyl sites for hydroxylation is 1. The normalized spacial score (nSPS) is 10.3. The lowest BCUT2D eigenvalue weighted by Gasteiger charge is -2.13. The molecule has 0 spiro atoms. The van der Waals surface area contributed by atoms with Gasteiger partial charge in [0, 0.05) is 23.5 Å². The third-order valence-corrected chi connectivity index (χ3v) is 4.55. The van der Waals surface area contributed by atoms with E-state index in [1.54, 1.807) is 19.1 Å². The van der Waals surface area contributed by atoms with Crippen molar-refractivity contribution in [3.05, 3.63) is 89.5 Å². The molecule has 0 radical (unpaired) electrons. The minimum Gasteiger partial charge on any atom is -0.483 e. The molecule has 0 aliphatic carbocycles. The quantitative estimate of drug-likeness (QED) is 0.488. The van der Waals surface area contributed by atoms with Gasteiger partial charge in [0.1, 0.15) is 5.75 Å². The number of para-hydroxylation sites is 1. The van der Waals surface area contributed by atoms with Crippen LogP contribution in [0, 0.1) is 6.92 Å². The van der Waals surface area contributed by atoms with Gasteiger partial charge < -0.3 is 20.1 Å². The highest BCUT2D eigenvalue weighted by Crippen LogP contribution is 2.20. The Labute approximate surface area is 182 Å². The minimum atomic E-state index is -0.336. The van der Waals surface area contributed by atoms with E-state index in [1.165, 1.54) is 0 Å². The maximum absolute atomic E-state index is 12.2. The molecule has 3 rings (SSSR count). The smallest absolute Gasteiger partial charge is 0.338 e. The Bertz CT molecular complexity index is 1010. The van der Waals surface area contributed by atoms with Gasteiger partial charge in [-0.15, -0.1) is 0 Å². The van der Waals surface area contributed by atoms with E-state index in [4.69, 9.17) is 9.47 Å². The van der Waals surface area contributed by atoms with Crippen LogP contribution in [0.1, 0.15) is 28.4 Å². The topological polar surface area (TPSA) is 76.7 Å². The third-order valence-electron chi connectivity index (χ3n) is 4.55. The number of hydrogen-bond donors (Lipinski definition) is 2. The first-order chi connectivity index (χ1) is 15.0. The van der Waals surface area contributed by atoms with Crippen LogP contribution in [-0.2, 0) is 16.1 Å². The first kappa shape index (κ1) is 21.9. The predicted molar refractivity (Wildman–Crippen MR) is 121 cm³/mol. The van der Waals surface area contributed by atoms with Crippen molar-refractivity contribution < 1.29 is 19.1 Å². The molecule has 0 bridgehead atoms. The molecule has 0 saturated carbocycles. The molecule has 6 heteroatoms. The van der Waals surface area contributed by atoms with E-state index < -0.39 is 0 Å². The number of nitrogens with one attached hydrogen (secondary N) is 2. The van der Waals surface area contributed by atoms with Crippen molar-refractivity contribution in [1.29, 1.82) is 0 Å². The molecule has 0 unspecified atom stereocenters. The molecule has 0 heterocycles. The van der Waals surface area contributed by atoms with Crippen molar-refractivity contribution >= 4 is 23.3 Å². The number of hydrogen-bond acceptors (Lipinski definition) is 5. The lowest BCUT2D eigenvalue weighted by molar-refractivity contribution is -0.118. The summed E-state index contributed by atoms with van der Waals surface area (Å²) in [5, 5.41) is 6.12. The molecule has 6 nitrogen and oxygen atoms in total. The monoisotopic (exact) mass is 418 g/mol. The summed E-state index contributed by atoms with van der Waals surface area (Å²) in [4.78, 5) is 24.0. The average molecular weight is 418 g/mol. The number of anilines is 2. The molecular weight excluding hydrogens is 392 g/mol. The van der Waals surface area contributed by atoms with Crippen molar-refractivity contribution in [2.24, 2.45) is 0 Å². The SMILES string of the molecule is CCOC(=O)c1ccc(NCc2ccccc2OCC(=O)Nc2ccc(C)cc2)cc1.